The molecule has 0 spiro atoms. The molecule has 148 valence electrons. The highest BCUT2D eigenvalue weighted by atomic mass is 79.9. The maximum atomic E-state index is 13.2. The number of halogens is 3. The fraction of sp³-hybridized carbons (Fsp3) is 0.400. The van der Waals surface area contributed by atoms with E-state index in [0.717, 1.165) is 29.4 Å². The lowest BCUT2D eigenvalue weighted by atomic mass is 10.2. The number of aliphatic hydroxyl groups excluding tert-OH is 1. The van der Waals surface area contributed by atoms with Crippen LogP contribution in [0.3, 0.4) is 0 Å². The highest BCUT2D eigenvalue weighted by Gasteiger charge is 2.12. The number of hydrogen-bond acceptors (Lipinski definition) is 4. The van der Waals surface area contributed by atoms with Gasteiger partial charge in [-0.1, -0.05) is 33.6 Å². The second-order valence-electron chi connectivity index (χ2n) is 5.96. The minimum atomic E-state index is -0.377. The van der Waals surface area contributed by atoms with E-state index in [9.17, 15) is 4.39 Å². The van der Waals surface area contributed by atoms with Crippen molar-refractivity contribution in [3.63, 3.8) is 0 Å². The Morgan fingerprint density at radius 3 is 2.59 bits per heavy atom. The summed E-state index contributed by atoms with van der Waals surface area (Å²) in [5.41, 5.74) is 1.75. The van der Waals surface area contributed by atoms with Crippen molar-refractivity contribution in [2.75, 3.05) is 19.8 Å². The Balaban J connectivity index is 2.07. The molecule has 0 saturated carbocycles. The van der Waals surface area contributed by atoms with Crippen LogP contribution in [0.2, 0.25) is 5.02 Å². The van der Waals surface area contributed by atoms with Crippen LogP contribution in [0, 0.1) is 5.82 Å². The lowest BCUT2D eigenvalue weighted by Gasteiger charge is -2.16. The molecular weight excluding hydrogens is 437 g/mol. The Hall–Kier alpha value is -1.34. The van der Waals surface area contributed by atoms with Gasteiger partial charge in [0.25, 0.3) is 0 Å². The Bertz CT molecular complexity index is 745. The van der Waals surface area contributed by atoms with Crippen LogP contribution in [0.15, 0.2) is 34.8 Å². The summed E-state index contributed by atoms with van der Waals surface area (Å²) in [6.45, 7) is 4.36. The Morgan fingerprint density at radius 1 is 1.11 bits per heavy atom. The third-order valence-electron chi connectivity index (χ3n) is 3.89. The lowest BCUT2D eigenvalue weighted by Crippen LogP contribution is -2.15. The van der Waals surface area contributed by atoms with Gasteiger partial charge in [-0.25, -0.2) is 4.39 Å². The van der Waals surface area contributed by atoms with Gasteiger partial charge in [-0.05, 0) is 56.1 Å². The first-order chi connectivity index (χ1) is 13.0. The molecule has 0 aliphatic heterocycles. The van der Waals surface area contributed by atoms with Crippen LogP contribution in [-0.4, -0.2) is 24.9 Å². The first-order valence-electron chi connectivity index (χ1n) is 8.88. The smallest absolute Gasteiger partial charge is 0.162 e. The van der Waals surface area contributed by atoms with E-state index < -0.39 is 0 Å². The third-order valence-corrected chi connectivity index (χ3v) is 4.98. The molecule has 0 aliphatic carbocycles. The van der Waals surface area contributed by atoms with Crippen molar-refractivity contribution < 1.29 is 19.0 Å². The van der Waals surface area contributed by atoms with E-state index in [0.29, 0.717) is 35.2 Å². The number of benzene rings is 2. The van der Waals surface area contributed by atoms with Crippen molar-refractivity contribution in [3.05, 3.63) is 56.8 Å². The summed E-state index contributed by atoms with van der Waals surface area (Å²) in [7, 11) is 0. The Labute approximate surface area is 172 Å². The van der Waals surface area contributed by atoms with Crippen molar-refractivity contribution in [2.45, 2.75) is 32.9 Å². The van der Waals surface area contributed by atoms with Gasteiger partial charge in [0.15, 0.2) is 11.5 Å². The molecule has 0 aromatic heterocycles. The molecule has 2 N–H and O–H groups in total. The molecule has 4 nitrogen and oxygen atoms in total. The third kappa shape index (κ3) is 6.96. The zero-order chi connectivity index (χ0) is 19.6. The van der Waals surface area contributed by atoms with Gasteiger partial charge in [0, 0.05) is 23.2 Å². The molecular formula is C20H24BrClFNO3. The number of unbranched alkanes of at least 4 members (excludes halogenated alkanes) is 1. The normalized spacial score (nSPS) is 10.9. The zero-order valence-corrected chi connectivity index (χ0v) is 17.6. The van der Waals surface area contributed by atoms with Gasteiger partial charge in [0.05, 0.1) is 11.6 Å². The monoisotopic (exact) mass is 459 g/mol. The van der Waals surface area contributed by atoms with Gasteiger partial charge < -0.3 is 19.9 Å². The average molecular weight is 461 g/mol. The summed E-state index contributed by atoms with van der Waals surface area (Å²) >= 11 is 9.64. The molecule has 2 aromatic carbocycles. The summed E-state index contributed by atoms with van der Waals surface area (Å²) < 4.78 is 25.7. The van der Waals surface area contributed by atoms with E-state index in [1.807, 2.05) is 19.1 Å². The van der Waals surface area contributed by atoms with Crippen molar-refractivity contribution in [1.82, 2.24) is 5.32 Å². The molecule has 0 bridgehead atoms. The molecule has 0 radical (unpaired) electrons. The molecule has 0 fully saturated rings. The molecule has 0 unspecified atom stereocenters. The number of rotatable bonds is 11. The number of aliphatic hydroxyl groups is 1. The predicted octanol–water partition coefficient (Wildman–Crippen LogP) is 5.08. The van der Waals surface area contributed by atoms with E-state index in [2.05, 4.69) is 21.2 Å². The van der Waals surface area contributed by atoms with Crippen LogP contribution in [-0.2, 0) is 13.2 Å². The Kier molecular flexibility index (Phi) is 9.34. The van der Waals surface area contributed by atoms with Gasteiger partial charge >= 0.3 is 0 Å². The van der Waals surface area contributed by atoms with Gasteiger partial charge in [-0.15, -0.1) is 0 Å². The maximum absolute atomic E-state index is 13.2. The first kappa shape index (κ1) is 22.0. The van der Waals surface area contributed by atoms with Gasteiger partial charge in [-0.3, -0.25) is 0 Å². The number of nitrogens with one attached hydrogen (secondary N) is 1. The predicted molar refractivity (Wildman–Crippen MR) is 109 cm³/mol. The van der Waals surface area contributed by atoms with Crippen LogP contribution in [0.5, 0.6) is 11.5 Å². The largest absolute Gasteiger partial charge is 0.490 e. The van der Waals surface area contributed by atoms with Crippen LogP contribution in [0.25, 0.3) is 0 Å². The molecule has 27 heavy (non-hydrogen) atoms. The summed E-state index contributed by atoms with van der Waals surface area (Å²) in [5.74, 6) is 0.858. The SMILES string of the molecule is CCOc1cc(CNCCCCO)c(Br)cc1OCc1ccc(F)cc1Cl. The highest BCUT2D eigenvalue weighted by Crippen LogP contribution is 2.35. The zero-order valence-electron chi connectivity index (χ0n) is 15.2. The van der Waals surface area contributed by atoms with E-state index >= 15 is 0 Å². The summed E-state index contributed by atoms with van der Waals surface area (Å²) in [5, 5.41) is 12.5. The highest BCUT2D eigenvalue weighted by molar-refractivity contribution is 9.10. The van der Waals surface area contributed by atoms with Crippen LogP contribution in [0.1, 0.15) is 30.9 Å². The van der Waals surface area contributed by atoms with Crippen LogP contribution in [0.4, 0.5) is 4.39 Å². The summed E-state index contributed by atoms with van der Waals surface area (Å²) in [6, 6.07) is 8.04. The Morgan fingerprint density at radius 2 is 1.89 bits per heavy atom. The molecule has 0 heterocycles. The number of ether oxygens (including phenoxy) is 2. The van der Waals surface area contributed by atoms with Crippen molar-refractivity contribution in [1.29, 1.82) is 0 Å². The average Bonchev–Trinajstić information content (AvgIpc) is 2.63. The molecule has 0 saturated heterocycles. The molecule has 2 aromatic rings. The maximum Gasteiger partial charge on any atom is 0.162 e. The topological polar surface area (TPSA) is 50.7 Å². The summed E-state index contributed by atoms with van der Waals surface area (Å²) in [6.07, 6.45) is 1.71. The molecule has 2 rings (SSSR count). The molecule has 7 heteroatoms. The molecule has 0 amide bonds. The second kappa shape index (κ2) is 11.5. The second-order valence-corrected chi connectivity index (χ2v) is 7.22. The standard InChI is InChI=1S/C20H24BrClFNO3/c1-2-26-19-9-15(12-24-7-3-4-8-25)17(21)11-20(19)27-13-14-5-6-16(23)10-18(14)22/h5-6,9-11,24-25H,2-4,7-8,12-13H2,1H3. The van der Waals surface area contributed by atoms with Gasteiger partial charge in [-0.2, -0.15) is 0 Å². The fourth-order valence-electron chi connectivity index (χ4n) is 2.47. The van der Waals surface area contributed by atoms with Crippen LogP contribution < -0.4 is 14.8 Å². The van der Waals surface area contributed by atoms with Gasteiger partial charge in [0.2, 0.25) is 0 Å². The van der Waals surface area contributed by atoms with E-state index in [4.69, 9.17) is 26.2 Å². The minimum absolute atomic E-state index is 0.212. The summed E-state index contributed by atoms with van der Waals surface area (Å²) in [4.78, 5) is 0. The molecule has 0 aliphatic rings. The lowest BCUT2D eigenvalue weighted by molar-refractivity contribution is 0.268. The minimum Gasteiger partial charge on any atom is -0.490 e. The van der Waals surface area contributed by atoms with Crippen molar-refractivity contribution in [3.8, 4) is 11.5 Å². The first-order valence-corrected chi connectivity index (χ1v) is 10.1. The van der Waals surface area contributed by atoms with Crippen LogP contribution >= 0.6 is 27.5 Å². The van der Waals surface area contributed by atoms with Crippen molar-refractivity contribution in [2.24, 2.45) is 0 Å². The van der Waals surface area contributed by atoms with E-state index in [1.165, 1.54) is 12.1 Å². The number of hydrogen-bond donors (Lipinski definition) is 2. The van der Waals surface area contributed by atoms with Gasteiger partial charge in [0.1, 0.15) is 12.4 Å². The fourth-order valence-corrected chi connectivity index (χ4v) is 3.16. The van der Waals surface area contributed by atoms with E-state index in [1.54, 1.807) is 6.07 Å². The quantitative estimate of drug-likeness (QED) is 0.459. The van der Waals surface area contributed by atoms with E-state index in [-0.39, 0.29) is 19.0 Å². The molecule has 0 atom stereocenters. The van der Waals surface area contributed by atoms with Crippen molar-refractivity contribution >= 4 is 27.5 Å².